The van der Waals surface area contributed by atoms with Crippen LogP contribution in [0.2, 0.25) is 0 Å². The van der Waals surface area contributed by atoms with Crippen LogP contribution in [0.4, 0.5) is 0 Å². The molecule has 0 unspecified atom stereocenters. The van der Waals surface area contributed by atoms with Crippen LogP contribution in [0, 0.1) is 0 Å². The fourth-order valence-electron chi connectivity index (χ4n) is 0.897. The third kappa shape index (κ3) is 6.87. The van der Waals surface area contributed by atoms with Gasteiger partial charge in [-0.2, -0.15) is 0 Å². The van der Waals surface area contributed by atoms with Gasteiger partial charge < -0.3 is 4.74 Å². The second-order valence-electron chi connectivity index (χ2n) is 3.05. The first-order chi connectivity index (χ1) is 7.41. The van der Waals surface area contributed by atoms with E-state index >= 15 is 0 Å². The molecule has 0 radical (unpaired) electrons. The van der Waals surface area contributed by atoms with Gasteiger partial charge in [0.15, 0.2) is 9.84 Å². The molecule has 0 aromatic heterocycles. The van der Waals surface area contributed by atoms with Crippen LogP contribution in [-0.4, -0.2) is 27.9 Å². The smallest absolute Gasteiger partial charge is 0.175 e. The van der Waals surface area contributed by atoms with Crippen molar-refractivity contribution in [2.45, 2.75) is 23.6 Å². The third-order valence-corrected chi connectivity index (χ3v) is 3.10. The van der Waals surface area contributed by atoms with Gasteiger partial charge in [-0.25, -0.2) is 8.42 Å². The molecule has 5 heteroatoms. The predicted molar refractivity (Wildman–Crippen MR) is 69.0 cm³/mol. The second-order valence-corrected chi connectivity index (χ2v) is 5.58. The maximum absolute atomic E-state index is 10.9. The molecular weight excluding hydrogens is 244 g/mol. The van der Waals surface area contributed by atoms with Crippen LogP contribution in [0.1, 0.15) is 13.8 Å². The lowest BCUT2D eigenvalue weighted by molar-refractivity contribution is 0.162. The lowest BCUT2D eigenvalue weighted by atomic mass is 10.4. The second kappa shape index (κ2) is 7.70. The van der Waals surface area contributed by atoms with E-state index in [2.05, 4.69) is 12.6 Å². The molecule has 0 aliphatic rings. The molecule has 1 aromatic rings. The molecule has 0 aliphatic heterocycles. The Morgan fingerprint density at radius 2 is 1.56 bits per heavy atom. The standard InChI is InChI=1S/C7H8O2S2.C4H10O/c1-11(8,9)7-4-2-6(10)3-5-7;1-3-5-4-2/h2-5,10H,1H3;3-4H2,1-2H3. The molecular formula is C11H18O3S2. The Balaban J connectivity index is 0.000000385. The Labute approximate surface area is 103 Å². The van der Waals surface area contributed by atoms with Crippen molar-refractivity contribution in [2.75, 3.05) is 19.5 Å². The van der Waals surface area contributed by atoms with Gasteiger partial charge in [0.05, 0.1) is 4.90 Å². The molecule has 0 heterocycles. The van der Waals surface area contributed by atoms with Crippen molar-refractivity contribution < 1.29 is 13.2 Å². The molecule has 0 spiro atoms. The maximum Gasteiger partial charge on any atom is 0.175 e. The highest BCUT2D eigenvalue weighted by atomic mass is 32.2. The molecule has 0 aliphatic carbocycles. The van der Waals surface area contributed by atoms with Crippen molar-refractivity contribution in [3.8, 4) is 0 Å². The molecule has 0 saturated carbocycles. The summed E-state index contributed by atoms with van der Waals surface area (Å²) >= 11 is 4.03. The first-order valence-electron chi connectivity index (χ1n) is 4.98. The zero-order valence-electron chi connectivity index (χ0n) is 9.80. The van der Waals surface area contributed by atoms with Crippen LogP contribution in [0.5, 0.6) is 0 Å². The minimum absolute atomic E-state index is 0.329. The van der Waals surface area contributed by atoms with E-state index in [4.69, 9.17) is 4.74 Å². The zero-order chi connectivity index (χ0) is 12.6. The number of thiol groups is 1. The van der Waals surface area contributed by atoms with Crippen molar-refractivity contribution in [2.24, 2.45) is 0 Å². The molecule has 1 rings (SSSR count). The van der Waals surface area contributed by atoms with Gasteiger partial charge in [-0.05, 0) is 38.1 Å². The van der Waals surface area contributed by atoms with Gasteiger partial charge in [0.2, 0.25) is 0 Å². The summed E-state index contributed by atoms with van der Waals surface area (Å²) in [5.74, 6) is 0. The summed E-state index contributed by atoms with van der Waals surface area (Å²) in [6, 6.07) is 6.38. The molecule has 0 fully saturated rings. The predicted octanol–water partition coefficient (Wildman–Crippen LogP) is 2.42. The molecule has 0 bridgehead atoms. The molecule has 92 valence electrons. The molecule has 0 saturated heterocycles. The number of sulfone groups is 1. The van der Waals surface area contributed by atoms with Crippen LogP contribution in [0.25, 0.3) is 0 Å². The fourth-order valence-corrected chi connectivity index (χ4v) is 1.68. The zero-order valence-corrected chi connectivity index (χ0v) is 11.5. The Hall–Kier alpha value is -0.520. The van der Waals surface area contributed by atoms with E-state index in [0.29, 0.717) is 4.90 Å². The monoisotopic (exact) mass is 262 g/mol. The lowest BCUT2D eigenvalue weighted by Gasteiger charge is -1.96. The van der Waals surface area contributed by atoms with Gasteiger partial charge in [-0.1, -0.05) is 0 Å². The molecule has 0 amide bonds. The highest BCUT2D eigenvalue weighted by molar-refractivity contribution is 7.90. The number of ether oxygens (including phenoxy) is 1. The normalized spacial score (nSPS) is 10.5. The van der Waals surface area contributed by atoms with E-state index in [9.17, 15) is 8.42 Å². The quantitative estimate of drug-likeness (QED) is 0.851. The van der Waals surface area contributed by atoms with E-state index in [1.54, 1.807) is 12.1 Å². The highest BCUT2D eigenvalue weighted by Gasteiger charge is 2.04. The lowest BCUT2D eigenvalue weighted by Crippen LogP contribution is -1.95. The van der Waals surface area contributed by atoms with E-state index in [1.165, 1.54) is 18.4 Å². The number of benzene rings is 1. The van der Waals surface area contributed by atoms with Crippen LogP contribution in [0.3, 0.4) is 0 Å². The highest BCUT2D eigenvalue weighted by Crippen LogP contribution is 2.11. The molecule has 16 heavy (non-hydrogen) atoms. The molecule has 3 nitrogen and oxygen atoms in total. The number of rotatable bonds is 3. The minimum atomic E-state index is -3.05. The van der Waals surface area contributed by atoms with Crippen molar-refractivity contribution in [1.82, 2.24) is 0 Å². The van der Waals surface area contributed by atoms with Crippen LogP contribution in [-0.2, 0) is 14.6 Å². The van der Waals surface area contributed by atoms with Gasteiger partial charge in [-0.15, -0.1) is 12.6 Å². The largest absolute Gasteiger partial charge is 0.382 e. The van der Waals surface area contributed by atoms with Gasteiger partial charge >= 0.3 is 0 Å². The molecule has 0 atom stereocenters. The van der Waals surface area contributed by atoms with Crippen LogP contribution < -0.4 is 0 Å². The van der Waals surface area contributed by atoms with Gasteiger partial charge in [0.25, 0.3) is 0 Å². The van der Waals surface area contributed by atoms with Gasteiger partial charge in [0.1, 0.15) is 0 Å². The topological polar surface area (TPSA) is 43.4 Å². The Morgan fingerprint density at radius 1 is 1.12 bits per heavy atom. The summed E-state index contributed by atoms with van der Waals surface area (Å²) in [7, 11) is -3.05. The SMILES string of the molecule is CCOCC.CS(=O)(=O)c1ccc(S)cc1. The molecule has 0 N–H and O–H groups in total. The van der Waals surface area contributed by atoms with E-state index in [0.717, 1.165) is 18.1 Å². The average molecular weight is 262 g/mol. The van der Waals surface area contributed by atoms with E-state index < -0.39 is 9.84 Å². The van der Waals surface area contributed by atoms with Gasteiger partial charge in [-0.3, -0.25) is 0 Å². The Morgan fingerprint density at radius 3 is 1.81 bits per heavy atom. The summed E-state index contributed by atoms with van der Waals surface area (Å²) in [5.41, 5.74) is 0. The van der Waals surface area contributed by atoms with Gasteiger partial charge in [0, 0.05) is 24.4 Å². The maximum atomic E-state index is 10.9. The first kappa shape index (κ1) is 15.5. The minimum Gasteiger partial charge on any atom is -0.382 e. The Kier molecular flexibility index (Phi) is 7.45. The fraction of sp³-hybridized carbons (Fsp3) is 0.455. The summed E-state index contributed by atoms with van der Waals surface area (Å²) in [5, 5.41) is 0. The Bertz CT molecular complexity index is 380. The average Bonchev–Trinajstić information content (AvgIpc) is 2.19. The molecule has 1 aromatic carbocycles. The van der Waals surface area contributed by atoms with Crippen molar-refractivity contribution in [1.29, 1.82) is 0 Å². The first-order valence-corrected chi connectivity index (χ1v) is 7.32. The van der Waals surface area contributed by atoms with Crippen molar-refractivity contribution >= 4 is 22.5 Å². The number of hydrogen-bond donors (Lipinski definition) is 1. The summed E-state index contributed by atoms with van der Waals surface area (Å²) in [4.78, 5) is 1.09. The van der Waals surface area contributed by atoms with Crippen LogP contribution >= 0.6 is 12.6 Å². The van der Waals surface area contributed by atoms with E-state index in [-0.39, 0.29) is 0 Å². The van der Waals surface area contributed by atoms with E-state index in [1.807, 2.05) is 13.8 Å². The summed E-state index contributed by atoms with van der Waals surface area (Å²) < 4.78 is 26.7. The third-order valence-electron chi connectivity index (χ3n) is 1.67. The van der Waals surface area contributed by atoms with Crippen molar-refractivity contribution in [3.63, 3.8) is 0 Å². The number of hydrogen-bond acceptors (Lipinski definition) is 4. The van der Waals surface area contributed by atoms with Crippen molar-refractivity contribution in [3.05, 3.63) is 24.3 Å². The summed E-state index contributed by atoms with van der Waals surface area (Å²) in [6.45, 7) is 5.67. The summed E-state index contributed by atoms with van der Waals surface area (Å²) in [6.07, 6.45) is 1.18. The van der Waals surface area contributed by atoms with Crippen LogP contribution in [0.15, 0.2) is 34.1 Å².